The Morgan fingerprint density at radius 2 is 2.12 bits per heavy atom. The SMILES string of the molecule is CC(=O)c1cccc(NC(=O)CSCc2csc(-c3ccsc3)n2)c1. The molecule has 0 aliphatic rings. The van der Waals surface area contributed by atoms with E-state index >= 15 is 0 Å². The van der Waals surface area contributed by atoms with Crippen LogP contribution in [-0.4, -0.2) is 22.4 Å². The van der Waals surface area contributed by atoms with Crippen LogP contribution in [0.15, 0.2) is 46.5 Å². The monoisotopic (exact) mass is 388 g/mol. The maximum Gasteiger partial charge on any atom is 0.234 e. The molecule has 4 nitrogen and oxygen atoms in total. The zero-order valence-electron chi connectivity index (χ0n) is 13.5. The van der Waals surface area contributed by atoms with Crippen molar-refractivity contribution in [2.24, 2.45) is 0 Å². The first-order valence-electron chi connectivity index (χ1n) is 7.57. The van der Waals surface area contributed by atoms with Gasteiger partial charge in [-0.15, -0.1) is 23.1 Å². The molecule has 0 atom stereocenters. The van der Waals surface area contributed by atoms with E-state index in [0.717, 1.165) is 16.3 Å². The Balaban J connectivity index is 1.48. The second-order valence-electron chi connectivity index (χ2n) is 5.33. The number of nitrogens with zero attached hydrogens (tertiary/aromatic N) is 1. The van der Waals surface area contributed by atoms with Gasteiger partial charge >= 0.3 is 0 Å². The maximum absolute atomic E-state index is 12.0. The summed E-state index contributed by atoms with van der Waals surface area (Å²) in [6, 6.07) is 9.03. The van der Waals surface area contributed by atoms with Crippen LogP contribution in [0.25, 0.3) is 10.6 Å². The lowest BCUT2D eigenvalue weighted by molar-refractivity contribution is -0.113. The van der Waals surface area contributed by atoms with Crippen LogP contribution in [0, 0.1) is 0 Å². The Morgan fingerprint density at radius 1 is 1.24 bits per heavy atom. The molecule has 3 aromatic rings. The fourth-order valence-electron chi connectivity index (χ4n) is 2.15. The van der Waals surface area contributed by atoms with Gasteiger partial charge in [0.1, 0.15) is 5.01 Å². The Bertz CT molecular complexity index is 872. The highest BCUT2D eigenvalue weighted by molar-refractivity contribution is 7.99. The van der Waals surface area contributed by atoms with Crippen LogP contribution in [0.5, 0.6) is 0 Å². The van der Waals surface area contributed by atoms with Gasteiger partial charge in [0, 0.05) is 33.3 Å². The van der Waals surface area contributed by atoms with Gasteiger partial charge in [0.25, 0.3) is 0 Å². The minimum absolute atomic E-state index is 0.0181. The number of hydrogen-bond donors (Lipinski definition) is 1. The molecule has 0 aliphatic heterocycles. The van der Waals surface area contributed by atoms with Crippen LogP contribution in [0.2, 0.25) is 0 Å². The Kier molecular flexibility index (Phi) is 6.01. The Morgan fingerprint density at radius 3 is 2.88 bits per heavy atom. The summed E-state index contributed by atoms with van der Waals surface area (Å²) in [7, 11) is 0. The molecular formula is C18H16N2O2S3. The third kappa shape index (κ3) is 5.01. The summed E-state index contributed by atoms with van der Waals surface area (Å²) in [6.07, 6.45) is 0. The minimum Gasteiger partial charge on any atom is -0.325 e. The zero-order chi connectivity index (χ0) is 17.6. The van der Waals surface area contributed by atoms with Crippen molar-refractivity contribution in [3.05, 3.63) is 57.7 Å². The van der Waals surface area contributed by atoms with Crippen molar-refractivity contribution in [3.8, 4) is 10.6 Å². The normalized spacial score (nSPS) is 10.6. The lowest BCUT2D eigenvalue weighted by Gasteiger charge is -2.06. The van der Waals surface area contributed by atoms with Gasteiger partial charge in [0.05, 0.1) is 11.4 Å². The second kappa shape index (κ2) is 8.42. The average molecular weight is 389 g/mol. The van der Waals surface area contributed by atoms with E-state index in [1.807, 2.05) is 10.8 Å². The number of thioether (sulfide) groups is 1. The van der Waals surface area contributed by atoms with Gasteiger partial charge in [0.15, 0.2) is 5.78 Å². The van der Waals surface area contributed by atoms with Crippen LogP contribution in [0.1, 0.15) is 23.0 Å². The van der Waals surface area contributed by atoms with Crippen molar-refractivity contribution in [3.63, 3.8) is 0 Å². The molecule has 2 aromatic heterocycles. The highest BCUT2D eigenvalue weighted by atomic mass is 32.2. The highest BCUT2D eigenvalue weighted by Gasteiger charge is 2.08. The van der Waals surface area contributed by atoms with E-state index in [0.29, 0.717) is 22.8 Å². The molecule has 0 radical (unpaired) electrons. The van der Waals surface area contributed by atoms with Crippen LogP contribution in [0.4, 0.5) is 5.69 Å². The standard InChI is InChI=1S/C18H16N2O2S3/c1-12(21)13-3-2-4-15(7-13)19-17(22)11-24-9-16-10-25-18(20-16)14-5-6-23-8-14/h2-8,10H,9,11H2,1H3,(H,19,22). The summed E-state index contributed by atoms with van der Waals surface area (Å²) >= 11 is 4.80. The lowest BCUT2D eigenvalue weighted by atomic mass is 10.1. The molecule has 7 heteroatoms. The molecule has 1 amide bonds. The number of rotatable bonds is 7. The molecule has 0 aliphatic carbocycles. The molecule has 1 N–H and O–H groups in total. The van der Waals surface area contributed by atoms with E-state index in [2.05, 4.69) is 21.7 Å². The number of benzene rings is 1. The number of Topliss-reactive ketones (excluding diaryl/α,β-unsaturated/α-hetero) is 1. The number of hydrogen-bond acceptors (Lipinski definition) is 6. The van der Waals surface area contributed by atoms with Crippen LogP contribution in [0.3, 0.4) is 0 Å². The summed E-state index contributed by atoms with van der Waals surface area (Å²) in [4.78, 5) is 28.0. The zero-order valence-corrected chi connectivity index (χ0v) is 16.0. The molecule has 3 rings (SSSR count). The number of ketones is 1. The first-order valence-corrected chi connectivity index (χ1v) is 10.5. The molecule has 0 fully saturated rings. The van der Waals surface area contributed by atoms with Gasteiger partial charge in [-0.2, -0.15) is 11.3 Å². The molecule has 0 spiro atoms. The van der Waals surface area contributed by atoms with E-state index in [1.165, 1.54) is 18.7 Å². The number of aromatic nitrogens is 1. The average Bonchev–Trinajstić information content (AvgIpc) is 3.26. The fraction of sp³-hybridized carbons (Fsp3) is 0.167. The van der Waals surface area contributed by atoms with Crippen LogP contribution in [-0.2, 0) is 10.5 Å². The molecule has 0 bridgehead atoms. The van der Waals surface area contributed by atoms with Gasteiger partial charge in [0.2, 0.25) is 5.91 Å². The summed E-state index contributed by atoms with van der Waals surface area (Å²) in [6.45, 7) is 1.51. The van der Waals surface area contributed by atoms with Crippen LogP contribution < -0.4 is 5.32 Å². The molecule has 1 aromatic carbocycles. The van der Waals surface area contributed by atoms with E-state index in [-0.39, 0.29) is 11.7 Å². The van der Waals surface area contributed by atoms with Gasteiger partial charge in [-0.3, -0.25) is 9.59 Å². The highest BCUT2D eigenvalue weighted by Crippen LogP contribution is 2.27. The van der Waals surface area contributed by atoms with E-state index in [9.17, 15) is 9.59 Å². The lowest BCUT2D eigenvalue weighted by Crippen LogP contribution is -2.14. The van der Waals surface area contributed by atoms with Crippen LogP contribution >= 0.6 is 34.4 Å². The smallest absolute Gasteiger partial charge is 0.234 e. The first-order chi connectivity index (χ1) is 12.1. The minimum atomic E-state index is -0.0843. The van der Waals surface area contributed by atoms with Gasteiger partial charge in [-0.1, -0.05) is 12.1 Å². The third-order valence-corrected chi connectivity index (χ3v) is 5.95. The van der Waals surface area contributed by atoms with E-state index in [1.54, 1.807) is 46.9 Å². The molecule has 128 valence electrons. The van der Waals surface area contributed by atoms with E-state index < -0.39 is 0 Å². The number of thiophene rings is 1. The van der Waals surface area contributed by atoms with Gasteiger partial charge in [-0.25, -0.2) is 4.98 Å². The molecule has 0 saturated carbocycles. The largest absolute Gasteiger partial charge is 0.325 e. The topological polar surface area (TPSA) is 59.1 Å². The van der Waals surface area contributed by atoms with Gasteiger partial charge < -0.3 is 5.32 Å². The predicted molar refractivity (Wildman–Crippen MR) is 107 cm³/mol. The van der Waals surface area contributed by atoms with Crippen molar-refractivity contribution in [1.82, 2.24) is 4.98 Å². The summed E-state index contributed by atoms with van der Waals surface area (Å²) in [5.41, 5.74) is 3.37. The number of nitrogens with one attached hydrogen (secondary N) is 1. The fourth-order valence-corrected chi connectivity index (χ4v) is 4.51. The number of anilines is 1. The molecule has 0 saturated heterocycles. The second-order valence-corrected chi connectivity index (χ2v) is 7.96. The first kappa shape index (κ1) is 17.8. The number of carbonyl (C=O) groups is 2. The van der Waals surface area contributed by atoms with Crippen molar-refractivity contribution < 1.29 is 9.59 Å². The predicted octanol–water partition coefficient (Wildman–Crippen LogP) is 4.95. The van der Waals surface area contributed by atoms with Crippen molar-refractivity contribution in [2.75, 3.05) is 11.1 Å². The van der Waals surface area contributed by atoms with Crippen molar-refractivity contribution >= 4 is 51.8 Å². The third-order valence-electron chi connectivity index (χ3n) is 3.36. The maximum atomic E-state index is 12.0. The Hall–Kier alpha value is -1.96. The number of thiazole rings is 1. The summed E-state index contributed by atoms with van der Waals surface area (Å²) in [5, 5.41) is 9.99. The van der Waals surface area contributed by atoms with Gasteiger partial charge in [-0.05, 0) is 30.5 Å². The Labute approximate surface area is 158 Å². The van der Waals surface area contributed by atoms with Crippen molar-refractivity contribution in [2.45, 2.75) is 12.7 Å². The van der Waals surface area contributed by atoms with E-state index in [4.69, 9.17) is 0 Å². The molecular weight excluding hydrogens is 372 g/mol. The molecule has 2 heterocycles. The summed E-state index contributed by atoms with van der Waals surface area (Å²) < 4.78 is 0. The number of amides is 1. The van der Waals surface area contributed by atoms with Crippen molar-refractivity contribution in [1.29, 1.82) is 0 Å². The number of carbonyl (C=O) groups excluding carboxylic acids is 2. The molecule has 25 heavy (non-hydrogen) atoms. The summed E-state index contributed by atoms with van der Waals surface area (Å²) in [5.74, 6) is 0.936. The molecule has 0 unspecified atom stereocenters. The quantitative estimate of drug-likeness (QED) is 0.582.